The average molecular weight is 378 g/mol. The van der Waals surface area contributed by atoms with Crippen LogP contribution < -0.4 is 5.32 Å². The minimum Gasteiger partial charge on any atom is -0.302 e. The SMILES string of the molecule is O=C(CCCS(=O)(=O)c1ccccc1)Nc1nc2ccc(F)cc2s1. The number of fused-ring (bicyclic) bond motifs is 1. The number of hydrogen-bond donors (Lipinski definition) is 1. The third kappa shape index (κ3) is 4.40. The molecule has 0 unspecified atom stereocenters. The van der Waals surface area contributed by atoms with Crippen LogP contribution >= 0.6 is 11.3 Å². The first-order valence-electron chi connectivity index (χ1n) is 7.58. The molecule has 1 aromatic heterocycles. The molecule has 0 bridgehead atoms. The number of carbonyl (C=O) groups excluding carboxylic acids is 1. The highest BCUT2D eigenvalue weighted by Gasteiger charge is 2.15. The molecule has 1 heterocycles. The normalized spacial score (nSPS) is 11.6. The maximum Gasteiger partial charge on any atom is 0.226 e. The van der Waals surface area contributed by atoms with E-state index in [1.807, 2.05) is 0 Å². The van der Waals surface area contributed by atoms with Crippen molar-refractivity contribution in [1.82, 2.24) is 4.98 Å². The van der Waals surface area contributed by atoms with Crippen molar-refractivity contribution in [1.29, 1.82) is 0 Å². The molecule has 8 heteroatoms. The van der Waals surface area contributed by atoms with Crippen LogP contribution in [0.5, 0.6) is 0 Å². The highest BCUT2D eigenvalue weighted by atomic mass is 32.2. The summed E-state index contributed by atoms with van der Waals surface area (Å²) >= 11 is 1.17. The number of benzene rings is 2. The molecule has 0 aliphatic heterocycles. The average Bonchev–Trinajstić information content (AvgIpc) is 2.96. The molecule has 2 aromatic carbocycles. The van der Waals surface area contributed by atoms with Crippen LogP contribution in [0.25, 0.3) is 10.2 Å². The lowest BCUT2D eigenvalue weighted by molar-refractivity contribution is -0.116. The van der Waals surface area contributed by atoms with E-state index in [0.717, 1.165) is 0 Å². The van der Waals surface area contributed by atoms with Crippen molar-refractivity contribution in [3.05, 3.63) is 54.3 Å². The topological polar surface area (TPSA) is 76.1 Å². The van der Waals surface area contributed by atoms with Crippen molar-refractivity contribution < 1.29 is 17.6 Å². The van der Waals surface area contributed by atoms with Crippen molar-refractivity contribution in [2.75, 3.05) is 11.1 Å². The van der Waals surface area contributed by atoms with E-state index in [1.54, 1.807) is 24.3 Å². The molecular weight excluding hydrogens is 363 g/mol. The van der Waals surface area contributed by atoms with Gasteiger partial charge in [-0.15, -0.1) is 0 Å². The van der Waals surface area contributed by atoms with Gasteiger partial charge >= 0.3 is 0 Å². The molecule has 0 radical (unpaired) electrons. The minimum absolute atomic E-state index is 0.0658. The van der Waals surface area contributed by atoms with Gasteiger partial charge in [0.05, 0.1) is 20.9 Å². The van der Waals surface area contributed by atoms with Crippen molar-refractivity contribution in [2.24, 2.45) is 0 Å². The Morgan fingerprint density at radius 1 is 1.16 bits per heavy atom. The minimum atomic E-state index is -3.39. The van der Waals surface area contributed by atoms with Crippen LogP contribution in [0, 0.1) is 5.82 Å². The fraction of sp³-hybridized carbons (Fsp3) is 0.176. The summed E-state index contributed by atoms with van der Waals surface area (Å²) in [6.07, 6.45) is 0.277. The third-order valence-electron chi connectivity index (χ3n) is 3.52. The van der Waals surface area contributed by atoms with Gasteiger partial charge in [-0.2, -0.15) is 0 Å². The molecule has 25 heavy (non-hydrogen) atoms. The lowest BCUT2D eigenvalue weighted by Crippen LogP contribution is -2.14. The van der Waals surface area contributed by atoms with E-state index < -0.39 is 9.84 Å². The lowest BCUT2D eigenvalue weighted by Gasteiger charge is -2.04. The number of hydrogen-bond acceptors (Lipinski definition) is 5. The smallest absolute Gasteiger partial charge is 0.226 e. The van der Waals surface area contributed by atoms with Gasteiger partial charge in [0.1, 0.15) is 5.82 Å². The number of sulfone groups is 1. The second-order valence-electron chi connectivity index (χ2n) is 5.41. The molecule has 0 fully saturated rings. The first-order valence-corrected chi connectivity index (χ1v) is 10.0. The summed E-state index contributed by atoms with van der Waals surface area (Å²) < 4.78 is 38.1. The van der Waals surface area contributed by atoms with Crippen LogP contribution in [-0.4, -0.2) is 25.1 Å². The quantitative estimate of drug-likeness (QED) is 0.711. The van der Waals surface area contributed by atoms with Crippen LogP contribution in [-0.2, 0) is 14.6 Å². The van der Waals surface area contributed by atoms with Crippen molar-refractivity contribution >= 4 is 42.4 Å². The molecule has 0 saturated heterocycles. The van der Waals surface area contributed by atoms with Gasteiger partial charge in [-0.3, -0.25) is 4.79 Å². The second kappa shape index (κ2) is 7.28. The standard InChI is InChI=1S/C17H15FN2O3S2/c18-12-8-9-14-15(11-12)24-17(19-14)20-16(21)7-4-10-25(22,23)13-5-2-1-3-6-13/h1-3,5-6,8-9,11H,4,7,10H2,(H,19,20,21). The van der Waals surface area contributed by atoms with E-state index in [2.05, 4.69) is 10.3 Å². The zero-order chi connectivity index (χ0) is 17.9. The van der Waals surface area contributed by atoms with E-state index in [1.165, 1.54) is 35.6 Å². The molecule has 3 rings (SSSR count). The van der Waals surface area contributed by atoms with Gasteiger partial charge in [0.2, 0.25) is 5.91 Å². The van der Waals surface area contributed by atoms with Crippen molar-refractivity contribution in [3.63, 3.8) is 0 Å². The molecule has 1 amide bonds. The Labute approximate surface area is 148 Å². The maximum absolute atomic E-state index is 13.2. The lowest BCUT2D eigenvalue weighted by atomic mass is 10.3. The Morgan fingerprint density at radius 2 is 1.92 bits per heavy atom. The Kier molecular flexibility index (Phi) is 5.10. The molecule has 0 saturated carbocycles. The molecule has 5 nitrogen and oxygen atoms in total. The van der Waals surface area contributed by atoms with E-state index in [-0.39, 0.29) is 35.2 Å². The number of nitrogens with one attached hydrogen (secondary N) is 1. The van der Waals surface area contributed by atoms with Gasteiger partial charge in [0.15, 0.2) is 15.0 Å². The molecular formula is C17H15FN2O3S2. The largest absolute Gasteiger partial charge is 0.302 e. The number of thiazole rings is 1. The molecule has 3 aromatic rings. The Hall–Kier alpha value is -2.32. The molecule has 130 valence electrons. The Bertz CT molecular complexity index is 1000. The van der Waals surface area contributed by atoms with Crippen LogP contribution in [0.4, 0.5) is 9.52 Å². The van der Waals surface area contributed by atoms with Crippen LogP contribution in [0.3, 0.4) is 0 Å². The van der Waals surface area contributed by atoms with E-state index in [9.17, 15) is 17.6 Å². The van der Waals surface area contributed by atoms with Gasteiger partial charge in [-0.25, -0.2) is 17.8 Å². The summed E-state index contributed by atoms with van der Waals surface area (Å²) in [5.74, 6) is -0.780. The monoisotopic (exact) mass is 378 g/mol. The first kappa shape index (κ1) is 17.5. The van der Waals surface area contributed by atoms with E-state index >= 15 is 0 Å². The summed E-state index contributed by atoms with van der Waals surface area (Å²) in [7, 11) is -3.39. The number of nitrogens with zero attached hydrogens (tertiary/aromatic N) is 1. The number of rotatable bonds is 6. The van der Waals surface area contributed by atoms with E-state index in [4.69, 9.17) is 0 Å². The Balaban J connectivity index is 1.55. The zero-order valence-electron chi connectivity index (χ0n) is 13.1. The second-order valence-corrected chi connectivity index (χ2v) is 8.55. The Morgan fingerprint density at radius 3 is 2.68 bits per heavy atom. The zero-order valence-corrected chi connectivity index (χ0v) is 14.7. The number of amides is 1. The predicted molar refractivity (Wildman–Crippen MR) is 95.9 cm³/mol. The first-order chi connectivity index (χ1) is 11.9. The summed E-state index contributed by atoms with van der Waals surface area (Å²) in [5, 5.41) is 3.00. The van der Waals surface area contributed by atoms with Crippen LogP contribution in [0.15, 0.2) is 53.4 Å². The molecule has 1 N–H and O–H groups in total. The van der Waals surface area contributed by atoms with E-state index in [0.29, 0.717) is 15.3 Å². The van der Waals surface area contributed by atoms with Crippen LogP contribution in [0.1, 0.15) is 12.8 Å². The summed E-state index contributed by atoms with van der Waals surface area (Å²) in [6.45, 7) is 0. The number of carbonyl (C=O) groups is 1. The summed E-state index contributed by atoms with van der Waals surface area (Å²) in [4.78, 5) is 16.4. The summed E-state index contributed by atoms with van der Waals surface area (Å²) in [6, 6.07) is 12.4. The van der Waals surface area contributed by atoms with Crippen LogP contribution in [0.2, 0.25) is 0 Å². The highest BCUT2D eigenvalue weighted by molar-refractivity contribution is 7.91. The summed E-state index contributed by atoms with van der Waals surface area (Å²) in [5.41, 5.74) is 0.605. The van der Waals surface area contributed by atoms with Crippen molar-refractivity contribution in [3.8, 4) is 0 Å². The van der Waals surface area contributed by atoms with Gasteiger partial charge in [0, 0.05) is 6.42 Å². The van der Waals surface area contributed by atoms with Gasteiger partial charge in [-0.05, 0) is 36.8 Å². The number of anilines is 1. The van der Waals surface area contributed by atoms with Gasteiger partial charge < -0.3 is 5.32 Å². The highest BCUT2D eigenvalue weighted by Crippen LogP contribution is 2.26. The fourth-order valence-corrected chi connectivity index (χ4v) is 4.54. The fourth-order valence-electron chi connectivity index (χ4n) is 2.30. The number of halogens is 1. The molecule has 0 spiro atoms. The van der Waals surface area contributed by atoms with Crippen molar-refractivity contribution in [2.45, 2.75) is 17.7 Å². The number of aromatic nitrogens is 1. The molecule has 0 aliphatic rings. The predicted octanol–water partition coefficient (Wildman–Crippen LogP) is 3.63. The van der Waals surface area contributed by atoms with Gasteiger partial charge in [-0.1, -0.05) is 29.5 Å². The molecule has 0 aliphatic carbocycles. The van der Waals surface area contributed by atoms with Gasteiger partial charge in [0.25, 0.3) is 0 Å². The maximum atomic E-state index is 13.2. The third-order valence-corrected chi connectivity index (χ3v) is 6.27. The molecule has 0 atom stereocenters.